The van der Waals surface area contributed by atoms with E-state index in [0.717, 1.165) is 20.2 Å². The Balaban J connectivity index is 2.02. The first-order valence-corrected chi connectivity index (χ1v) is 7.43. The van der Waals surface area contributed by atoms with Gasteiger partial charge in [-0.05, 0) is 62.5 Å². The SMILES string of the molecule is C[C@H](NCc1ncc(Br)cc1Br)c1cccc(F)c1. The Morgan fingerprint density at radius 1 is 1.32 bits per heavy atom. The largest absolute Gasteiger partial charge is 0.305 e. The van der Waals surface area contributed by atoms with Crippen LogP contribution in [0, 0.1) is 5.82 Å². The molecule has 0 fully saturated rings. The topological polar surface area (TPSA) is 24.9 Å². The zero-order valence-electron chi connectivity index (χ0n) is 10.3. The molecule has 2 nitrogen and oxygen atoms in total. The minimum Gasteiger partial charge on any atom is -0.305 e. The molecule has 0 aliphatic rings. The van der Waals surface area contributed by atoms with Gasteiger partial charge in [0.1, 0.15) is 5.82 Å². The van der Waals surface area contributed by atoms with E-state index in [9.17, 15) is 4.39 Å². The van der Waals surface area contributed by atoms with Crippen molar-refractivity contribution in [3.63, 3.8) is 0 Å². The maximum absolute atomic E-state index is 13.1. The molecule has 0 spiro atoms. The minimum absolute atomic E-state index is 0.0630. The summed E-state index contributed by atoms with van der Waals surface area (Å²) in [6.45, 7) is 2.62. The second kappa shape index (κ2) is 6.59. The van der Waals surface area contributed by atoms with Gasteiger partial charge in [-0.3, -0.25) is 4.98 Å². The second-order valence-electron chi connectivity index (χ2n) is 4.24. The molecule has 2 aromatic rings. The lowest BCUT2D eigenvalue weighted by atomic mass is 10.1. The first-order valence-electron chi connectivity index (χ1n) is 5.85. The third-order valence-electron chi connectivity index (χ3n) is 2.81. The molecule has 1 N–H and O–H groups in total. The fourth-order valence-corrected chi connectivity index (χ4v) is 2.84. The fraction of sp³-hybridized carbons (Fsp3) is 0.214. The van der Waals surface area contributed by atoms with Crippen LogP contribution in [-0.2, 0) is 6.54 Å². The molecule has 0 unspecified atom stereocenters. The van der Waals surface area contributed by atoms with Crippen molar-refractivity contribution in [1.82, 2.24) is 10.3 Å². The van der Waals surface area contributed by atoms with E-state index in [1.165, 1.54) is 6.07 Å². The lowest BCUT2D eigenvalue weighted by Crippen LogP contribution is -2.19. The van der Waals surface area contributed by atoms with E-state index in [4.69, 9.17) is 0 Å². The average Bonchev–Trinajstić information content (AvgIpc) is 2.37. The summed E-state index contributed by atoms with van der Waals surface area (Å²) in [6.07, 6.45) is 1.76. The number of nitrogens with one attached hydrogen (secondary N) is 1. The third-order valence-corrected chi connectivity index (χ3v) is 3.93. The maximum atomic E-state index is 13.1. The van der Waals surface area contributed by atoms with E-state index in [0.29, 0.717) is 6.54 Å². The third kappa shape index (κ3) is 4.09. The predicted octanol–water partition coefficient (Wildman–Crippen LogP) is 4.60. The summed E-state index contributed by atoms with van der Waals surface area (Å²) in [4.78, 5) is 4.33. The van der Waals surface area contributed by atoms with Crippen LogP contribution in [0.3, 0.4) is 0 Å². The predicted molar refractivity (Wildman–Crippen MR) is 81.3 cm³/mol. The van der Waals surface area contributed by atoms with Gasteiger partial charge < -0.3 is 5.32 Å². The number of aromatic nitrogens is 1. The highest BCUT2D eigenvalue weighted by molar-refractivity contribution is 9.11. The van der Waals surface area contributed by atoms with Crippen molar-refractivity contribution < 1.29 is 4.39 Å². The maximum Gasteiger partial charge on any atom is 0.123 e. The molecule has 1 atom stereocenters. The molecule has 100 valence electrons. The highest BCUT2D eigenvalue weighted by Crippen LogP contribution is 2.20. The highest BCUT2D eigenvalue weighted by Gasteiger charge is 2.08. The lowest BCUT2D eigenvalue weighted by molar-refractivity contribution is 0.558. The zero-order valence-corrected chi connectivity index (χ0v) is 13.5. The van der Waals surface area contributed by atoms with E-state index < -0.39 is 0 Å². The quantitative estimate of drug-likeness (QED) is 0.829. The Hall–Kier alpha value is -0.780. The van der Waals surface area contributed by atoms with Crippen molar-refractivity contribution >= 4 is 31.9 Å². The van der Waals surface area contributed by atoms with Crippen LogP contribution in [0.5, 0.6) is 0 Å². The number of hydrogen-bond acceptors (Lipinski definition) is 2. The first kappa shape index (κ1) is 14.6. The van der Waals surface area contributed by atoms with Crippen LogP contribution in [0.4, 0.5) is 4.39 Å². The molecule has 0 aliphatic heterocycles. The Labute approximate surface area is 128 Å². The molecule has 0 saturated heterocycles. The monoisotopic (exact) mass is 386 g/mol. The van der Waals surface area contributed by atoms with Gasteiger partial charge in [0.25, 0.3) is 0 Å². The van der Waals surface area contributed by atoms with Crippen LogP contribution in [0.15, 0.2) is 45.5 Å². The number of nitrogens with zero attached hydrogens (tertiary/aromatic N) is 1. The molecule has 0 radical (unpaired) electrons. The van der Waals surface area contributed by atoms with Gasteiger partial charge in [-0.2, -0.15) is 0 Å². The molecular formula is C14H13Br2FN2. The summed E-state index contributed by atoms with van der Waals surface area (Å²) in [6, 6.07) is 8.64. The van der Waals surface area contributed by atoms with Gasteiger partial charge in [0.05, 0.1) is 5.69 Å². The number of hydrogen-bond donors (Lipinski definition) is 1. The molecule has 0 bridgehead atoms. The van der Waals surface area contributed by atoms with Crippen molar-refractivity contribution in [2.24, 2.45) is 0 Å². The first-order chi connectivity index (χ1) is 9.06. The Bertz CT molecular complexity index is 575. The number of halogens is 3. The highest BCUT2D eigenvalue weighted by atomic mass is 79.9. The van der Waals surface area contributed by atoms with Crippen molar-refractivity contribution in [2.75, 3.05) is 0 Å². The molecule has 1 aromatic heterocycles. The summed E-state index contributed by atoms with van der Waals surface area (Å²) < 4.78 is 15.0. The van der Waals surface area contributed by atoms with Crippen LogP contribution in [0.1, 0.15) is 24.2 Å². The van der Waals surface area contributed by atoms with Crippen molar-refractivity contribution in [3.8, 4) is 0 Å². The van der Waals surface area contributed by atoms with Gasteiger partial charge in [0.2, 0.25) is 0 Å². The molecule has 19 heavy (non-hydrogen) atoms. The summed E-state index contributed by atoms with van der Waals surface area (Å²) in [5.41, 5.74) is 1.85. The smallest absolute Gasteiger partial charge is 0.123 e. The normalized spacial score (nSPS) is 12.4. The second-order valence-corrected chi connectivity index (χ2v) is 6.01. The van der Waals surface area contributed by atoms with Crippen LogP contribution in [0.2, 0.25) is 0 Å². The summed E-state index contributed by atoms with van der Waals surface area (Å²) >= 11 is 6.84. The van der Waals surface area contributed by atoms with Gasteiger partial charge in [-0.25, -0.2) is 4.39 Å². The standard InChI is InChI=1S/C14H13Br2FN2/c1-9(10-3-2-4-12(17)5-10)18-8-14-13(16)6-11(15)7-19-14/h2-7,9,18H,8H2,1H3/t9-/m0/s1. The average molecular weight is 388 g/mol. The van der Waals surface area contributed by atoms with Gasteiger partial charge in [-0.15, -0.1) is 0 Å². The minimum atomic E-state index is -0.214. The van der Waals surface area contributed by atoms with E-state index >= 15 is 0 Å². The van der Waals surface area contributed by atoms with E-state index in [2.05, 4.69) is 42.2 Å². The molecule has 0 saturated carbocycles. The molecule has 1 heterocycles. The van der Waals surface area contributed by atoms with Gasteiger partial charge in [-0.1, -0.05) is 12.1 Å². The Morgan fingerprint density at radius 2 is 2.11 bits per heavy atom. The van der Waals surface area contributed by atoms with Gasteiger partial charge in [0.15, 0.2) is 0 Å². The molecule has 0 aliphatic carbocycles. The summed E-state index contributed by atoms with van der Waals surface area (Å²) in [7, 11) is 0. The summed E-state index contributed by atoms with van der Waals surface area (Å²) in [5, 5.41) is 3.33. The van der Waals surface area contributed by atoms with Gasteiger partial charge >= 0.3 is 0 Å². The van der Waals surface area contributed by atoms with Crippen molar-refractivity contribution in [1.29, 1.82) is 0 Å². The Kier molecular flexibility index (Phi) is 5.07. The van der Waals surface area contributed by atoms with Crippen LogP contribution in [0.25, 0.3) is 0 Å². The summed E-state index contributed by atoms with van der Waals surface area (Å²) in [5.74, 6) is -0.214. The molecule has 0 amide bonds. The molecule has 1 aromatic carbocycles. The lowest BCUT2D eigenvalue weighted by Gasteiger charge is -2.14. The van der Waals surface area contributed by atoms with Crippen LogP contribution >= 0.6 is 31.9 Å². The fourth-order valence-electron chi connectivity index (χ4n) is 1.72. The van der Waals surface area contributed by atoms with E-state index in [1.807, 2.05) is 19.1 Å². The van der Waals surface area contributed by atoms with E-state index in [1.54, 1.807) is 18.3 Å². The van der Waals surface area contributed by atoms with Crippen LogP contribution < -0.4 is 5.32 Å². The number of rotatable bonds is 4. The van der Waals surface area contributed by atoms with Crippen LogP contribution in [-0.4, -0.2) is 4.98 Å². The van der Waals surface area contributed by atoms with E-state index in [-0.39, 0.29) is 11.9 Å². The number of benzene rings is 1. The molecular weight excluding hydrogens is 375 g/mol. The van der Waals surface area contributed by atoms with Crippen molar-refractivity contribution in [3.05, 3.63) is 62.5 Å². The molecule has 2 rings (SSSR count). The Morgan fingerprint density at radius 3 is 2.79 bits per heavy atom. The number of pyridine rings is 1. The van der Waals surface area contributed by atoms with Gasteiger partial charge in [0, 0.05) is 27.7 Å². The van der Waals surface area contributed by atoms with Crippen molar-refractivity contribution in [2.45, 2.75) is 19.5 Å². The molecule has 5 heteroatoms. The zero-order chi connectivity index (χ0) is 13.8.